The molecule has 2 N–H and O–H groups in total. The molecule has 2 bridgehead atoms. The summed E-state index contributed by atoms with van der Waals surface area (Å²) in [5.74, 6) is 0.195. The number of fused-ring (bicyclic) bond motifs is 2. The summed E-state index contributed by atoms with van der Waals surface area (Å²) in [6.07, 6.45) is 3.05. The lowest BCUT2D eigenvalue weighted by Gasteiger charge is -2.33. The molecule has 2 aliphatic heterocycles. The second kappa shape index (κ2) is 7.94. The largest absolute Gasteiger partial charge is 0.507 e. The number of aromatic nitrogens is 4. The zero-order valence-corrected chi connectivity index (χ0v) is 17.7. The minimum absolute atomic E-state index is 0.000214. The molecule has 4 heterocycles. The van der Waals surface area contributed by atoms with E-state index >= 15 is 0 Å². The van der Waals surface area contributed by atoms with Gasteiger partial charge in [-0.05, 0) is 49.1 Å². The van der Waals surface area contributed by atoms with E-state index in [1.165, 1.54) is 16.8 Å². The van der Waals surface area contributed by atoms with Crippen LogP contribution in [0.1, 0.15) is 25.0 Å². The van der Waals surface area contributed by atoms with E-state index in [-0.39, 0.29) is 23.3 Å². The number of benzene rings is 1. The minimum atomic E-state index is -0.970. The molecule has 0 unspecified atom stereocenters. The van der Waals surface area contributed by atoms with Crippen LogP contribution in [0.3, 0.4) is 0 Å². The van der Waals surface area contributed by atoms with Gasteiger partial charge >= 0.3 is 0 Å². The monoisotopic (exact) mass is 433 g/mol. The van der Waals surface area contributed by atoms with Crippen molar-refractivity contribution < 1.29 is 9.50 Å². The van der Waals surface area contributed by atoms with Crippen molar-refractivity contribution in [1.29, 1.82) is 0 Å². The number of rotatable bonds is 4. The Morgan fingerprint density at radius 3 is 2.81 bits per heavy atom. The number of hydrogen-bond donors (Lipinski definition) is 2. The van der Waals surface area contributed by atoms with Gasteiger partial charge in [-0.2, -0.15) is 5.10 Å². The first-order valence-corrected chi connectivity index (χ1v) is 10.7. The van der Waals surface area contributed by atoms with E-state index in [0.717, 1.165) is 19.3 Å². The average molecular weight is 433 g/mol. The summed E-state index contributed by atoms with van der Waals surface area (Å²) in [6.45, 7) is 4.12. The van der Waals surface area contributed by atoms with Crippen LogP contribution in [0.2, 0.25) is 0 Å². The molecular formula is C24H24FN5O2. The quantitative estimate of drug-likeness (QED) is 0.657. The third-order valence-corrected chi connectivity index (χ3v) is 6.62. The highest BCUT2D eigenvalue weighted by Crippen LogP contribution is 2.40. The number of phenolic OH excluding ortho intramolecular Hbond substituents is 1. The van der Waals surface area contributed by atoms with Gasteiger partial charge < -0.3 is 10.4 Å². The maximum atomic E-state index is 14.9. The SMILES string of the molecule is C=C(c1ccc(-c2ccc(-c3nccc(=O)n3C)cc2O)nn1)[C@@H]1C[C@H]2CC[C@H](N2)[C@H]1F. The topological polar surface area (TPSA) is 92.9 Å². The Hall–Kier alpha value is -3.39. The average Bonchev–Trinajstić information content (AvgIpc) is 3.21. The Morgan fingerprint density at radius 2 is 2.06 bits per heavy atom. The predicted octanol–water partition coefficient (Wildman–Crippen LogP) is 3.10. The van der Waals surface area contributed by atoms with E-state index in [1.807, 2.05) is 0 Å². The van der Waals surface area contributed by atoms with Gasteiger partial charge in [0.25, 0.3) is 5.56 Å². The lowest BCUT2D eigenvalue weighted by atomic mass is 9.83. The lowest BCUT2D eigenvalue weighted by Crippen LogP contribution is -2.47. The molecule has 0 amide bonds. The van der Waals surface area contributed by atoms with Gasteiger partial charge in [0.05, 0.1) is 11.4 Å². The number of halogens is 1. The van der Waals surface area contributed by atoms with Gasteiger partial charge in [-0.25, -0.2) is 9.37 Å². The molecule has 2 aliphatic rings. The van der Waals surface area contributed by atoms with Crippen molar-refractivity contribution in [3.63, 3.8) is 0 Å². The highest BCUT2D eigenvalue weighted by molar-refractivity contribution is 5.73. The van der Waals surface area contributed by atoms with Crippen LogP contribution in [-0.4, -0.2) is 43.1 Å². The van der Waals surface area contributed by atoms with E-state index in [9.17, 15) is 14.3 Å². The van der Waals surface area contributed by atoms with Crippen molar-refractivity contribution in [2.45, 2.75) is 37.5 Å². The highest BCUT2D eigenvalue weighted by atomic mass is 19.1. The van der Waals surface area contributed by atoms with E-state index in [2.05, 4.69) is 27.1 Å². The minimum Gasteiger partial charge on any atom is -0.507 e. The van der Waals surface area contributed by atoms with Crippen molar-refractivity contribution in [1.82, 2.24) is 25.1 Å². The zero-order chi connectivity index (χ0) is 22.4. The van der Waals surface area contributed by atoms with Gasteiger partial charge in [-0.1, -0.05) is 12.6 Å². The van der Waals surface area contributed by atoms with Gasteiger partial charge in [-0.3, -0.25) is 9.36 Å². The van der Waals surface area contributed by atoms with E-state index in [0.29, 0.717) is 40.0 Å². The Balaban J connectivity index is 1.39. The van der Waals surface area contributed by atoms with E-state index in [1.54, 1.807) is 37.4 Å². The fourth-order valence-electron chi connectivity index (χ4n) is 4.81. The van der Waals surface area contributed by atoms with Crippen molar-refractivity contribution in [3.05, 3.63) is 65.2 Å². The second-order valence-corrected chi connectivity index (χ2v) is 8.56. The van der Waals surface area contributed by atoms with Crippen LogP contribution in [0.25, 0.3) is 28.2 Å². The standard InChI is InChI=1S/C24H24FN5O2/c1-13(17-12-15-4-6-20(27-15)23(17)25)18-7-8-19(29-28-18)16-5-3-14(11-21(16)31)24-26-10-9-22(32)30(24)2/h3,5,7-11,15,17,20,23,27,31H,1,4,6,12H2,2H3/t15-,17+,20+,23+/m1/s1. The molecule has 8 heteroatoms. The Morgan fingerprint density at radius 1 is 1.22 bits per heavy atom. The molecule has 164 valence electrons. The molecule has 2 aromatic heterocycles. The zero-order valence-electron chi connectivity index (χ0n) is 17.7. The van der Waals surface area contributed by atoms with Crippen LogP contribution in [-0.2, 0) is 7.05 Å². The Kier molecular flexibility index (Phi) is 5.09. The maximum Gasteiger partial charge on any atom is 0.253 e. The third-order valence-electron chi connectivity index (χ3n) is 6.62. The molecule has 0 aliphatic carbocycles. The van der Waals surface area contributed by atoms with E-state index < -0.39 is 6.17 Å². The van der Waals surface area contributed by atoms with E-state index in [4.69, 9.17) is 0 Å². The summed E-state index contributed by atoms with van der Waals surface area (Å²) in [4.78, 5) is 16.1. The number of allylic oxidation sites excluding steroid dienone is 1. The molecule has 4 atom stereocenters. The van der Waals surface area contributed by atoms with Crippen LogP contribution in [0.5, 0.6) is 5.75 Å². The molecule has 2 saturated heterocycles. The lowest BCUT2D eigenvalue weighted by molar-refractivity contribution is 0.167. The van der Waals surface area contributed by atoms with Gasteiger partial charge in [0.2, 0.25) is 0 Å². The van der Waals surface area contributed by atoms with Crippen molar-refractivity contribution in [2.24, 2.45) is 13.0 Å². The third kappa shape index (κ3) is 3.50. The van der Waals surface area contributed by atoms with Gasteiger partial charge in [0.15, 0.2) is 0 Å². The molecule has 3 aromatic rings. The molecule has 0 radical (unpaired) electrons. The number of nitrogens with one attached hydrogen (secondary N) is 1. The van der Waals surface area contributed by atoms with Crippen molar-refractivity contribution in [3.8, 4) is 28.4 Å². The molecule has 5 rings (SSSR count). The van der Waals surface area contributed by atoms with Gasteiger partial charge in [-0.15, -0.1) is 5.10 Å². The fraction of sp³-hybridized carbons (Fsp3) is 0.333. The molecule has 1 aromatic carbocycles. The number of aromatic hydroxyl groups is 1. The maximum absolute atomic E-state index is 14.9. The van der Waals surface area contributed by atoms with Gasteiger partial charge in [0.1, 0.15) is 17.7 Å². The van der Waals surface area contributed by atoms with Crippen LogP contribution in [0.15, 0.2) is 54.0 Å². The number of alkyl halides is 1. The number of phenols is 1. The molecule has 32 heavy (non-hydrogen) atoms. The van der Waals surface area contributed by atoms with Crippen LogP contribution in [0, 0.1) is 5.92 Å². The van der Waals surface area contributed by atoms with Crippen molar-refractivity contribution in [2.75, 3.05) is 0 Å². The van der Waals surface area contributed by atoms with Crippen LogP contribution < -0.4 is 10.9 Å². The Labute approximate surface area is 184 Å². The summed E-state index contributed by atoms with van der Waals surface area (Å²) in [5.41, 5.74) is 2.66. The summed E-state index contributed by atoms with van der Waals surface area (Å²) in [5, 5.41) is 22.5. The molecule has 7 nitrogen and oxygen atoms in total. The first-order valence-electron chi connectivity index (χ1n) is 10.7. The smallest absolute Gasteiger partial charge is 0.253 e. The van der Waals surface area contributed by atoms with Crippen LogP contribution in [0.4, 0.5) is 4.39 Å². The summed E-state index contributed by atoms with van der Waals surface area (Å²) in [6, 6.07) is 10.2. The molecule has 0 spiro atoms. The molecule has 0 saturated carbocycles. The fourth-order valence-corrected chi connectivity index (χ4v) is 4.81. The Bertz CT molecular complexity index is 1240. The molecule has 2 fully saturated rings. The molecular weight excluding hydrogens is 409 g/mol. The number of hydrogen-bond acceptors (Lipinski definition) is 6. The predicted molar refractivity (Wildman–Crippen MR) is 120 cm³/mol. The van der Waals surface area contributed by atoms with Gasteiger partial charge in [0, 0.05) is 48.4 Å². The number of nitrogens with zero attached hydrogens (tertiary/aromatic N) is 4. The normalized spacial score (nSPS) is 24.4. The summed E-state index contributed by atoms with van der Waals surface area (Å²) >= 11 is 0. The summed E-state index contributed by atoms with van der Waals surface area (Å²) < 4.78 is 16.3. The number of piperidine rings is 1. The summed E-state index contributed by atoms with van der Waals surface area (Å²) in [7, 11) is 1.63. The first kappa shape index (κ1) is 20.5. The van der Waals surface area contributed by atoms with Crippen molar-refractivity contribution >= 4 is 5.57 Å². The van der Waals surface area contributed by atoms with Crippen LogP contribution >= 0.6 is 0 Å². The first-order chi connectivity index (χ1) is 15.4. The second-order valence-electron chi connectivity index (χ2n) is 8.56. The highest BCUT2D eigenvalue weighted by Gasteiger charge is 2.43.